The molecule has 2 aromatic carbocycles. The van der Waals surface area contributed by atoms with Crippen LogP contribution in [0.4, 0.5) is 17.6 Å². The first-order chi connectivity index (χ1) is 16.8. The van der Waals surface area contributed by atoms with E-state index in [0.29, 0.717) is 17.0 Å². The van der Waals surface area contributed by atoms with Gasteiger partial charge in [-0.3, -0.25) is 4.90 Å². The SMILES string of the molecule is Cc1ccccc1-n1nnnc1C(c1cncnc1)N(Cc1ccc(F)c(C(F)(F)F)c1)C1CC1. The van der Waals surface area contributed by atoms with Crippen LogP contribution in [-0.4, -0.2) is 41.1 Å². The first kappa shape index (κ1) is 23.0. The third-order valence-corrected chi connectivity index (χ3v) is 6.03. The lowest BCUT2D eigenvalue weighted by molar-refractivity contribution is -0.140. The van der Waals surface area contributed by atoms with Crippen LogP contribution < -0.4 is 0 Å². The van der Waals surface area contributed by atoms with Crippen LogP contribution in [-0.2, 0) is 12.7 Å². The zero-order valence-corrected chi connectivity index (χ0v) is 18.7. The molecule has 0 bridgehead atoms. The molecule has 7 nitrogen and oxygen atoms in total. The quantitative estimate of drug-likeness (QED) is 0.356. The number of tetrazole rings is 1. The van der Waals surface area contributed by atoms with E-state index in [-0.39, 0.29) is 12.6 Å². The van der Waals surface area contributed by atoms with E-state index in [2.05, 4.69) is 25.5 Å². The molecule has 1 saturated carbocycles. The minimum absolute atomic E-state index is 0.0848. The summed E-state index contributed by atoms with van der Waals surface area (Å²) in [5.41, 5.74) is 1.49. The highest BCUT2D eigenvalue weighted by atomic mass is 19.4. The second-order valence-corrected chi connectivity index (χ2v) is 8.53. The summed E-state index contributed by atoms with van der Waals surface area (Å²) in [6, 6.07) is 10.3. The second kappa shape index (κ2) is 9.14. The Morgan fingerprint density at radius 2 is 1.83 bits per heavy atom. The van der Waals surface area contributed by atoms with E-state index in [1.54, 1.807) is 17.1 Å². The van der Waals surface area contributed by atoms with Crippen molar-refractivity contribution in [2.45, 2.75) is 44.6 Å². The molecule has 1 aliphatic carbocycles. The molecular formula is C24H21F4N7. The molecule has 2 aromatic heterocycles. The van der Waals surface area contributed by atoms with Crippen LogP contribution in [0.25, 0.3) is 5.69 Å². The van der Waals surface area contributed by atoms with Crippen molar-refractivity contribution in [2.75, 3.05) is 0 Å². The molecule has 4 aromatic rings. The molecule has 0 aliphatic heterocycles. The molecule has 11 heteroatoms. The van der Waals surface area contributed by atoms with Gasteiger partial charge in [-0.1, -0.05) is 24.3 Å². The number of para-hydroxylation sites is 1. The number of benzene rings is 2. The van der Waals surface area contributed by atoms with Crippen LogP contribution in [0.3, 0.4) is 0 Å². The van der Waals surface area contributed by atoms with Gasteiger partial charge in [-0.25, -0.2) is 14.4 Å². The lowest BCUT2D eigenvalue weighted by Crippen LogP contribution is -2.33. The molecular weight excluding hydrogens is 462 g/mol. The largest absolute Gasteiger partial charge is 0.419 e. The number of aryl methyl sites for hydroxylation is 1. The number of halogens is 4. The molecule has 0 saturated heterocycles. The molecule has 0 N–H and O–H groups in total. The number of aromatic nitrogens is 6. The Balaban J connectivity index is 1.60. The van der Waals surface area contributed by atoms with E-state index in [0.717, 1.165) is 36.2 Å². The minimum Gasteiger partial charge on any atom is -0.282 e. The second-order valence-electron chi connectivity index (χ2n) is 8.53. The smallest absolute Gasteiger partial charge is 0.282 e. The predicted octanol–water partition coefficient (Wildman–Crippen LogP) is 4.67. The number of hydrogen-bond acceptors (Lipinski definition) is 6. The summed E-state index contributed by atoms with van der Waals surface area (Å²) in [5.74, 6) is -0.810. The molecule has 1 fully saturated rings. The highest BCUT2D eigenvalue weighted by molar-refractivity contribution is 5.40. The summed E-state index contributed by atoms with van der Waals surface area (Å²) < 4.78 is 55.6. The van der Waals surface area contributed by atoms with E-state index in [4.69, 9.17) is 0 Å². The maximum Gasteiger partial charge on any atom is 0.419 e. The fraction of sp³-hybridized carbons (Fsp3) is 0.292. The molecule has 0 amide bonds. The fourth-order valence-corrected chi connectivity index (χ4v) is 4.21. The van der Waals surface area contributed by atoms with Gasteiger partial charge in [0.1, 0.15) is 18.2 Å². The van der Waals surface area contributed by atoms with Gasteiger partial charge in [0.15, 0.2) is 5.82 Å². The average molecular weight is 483 g/mol. The van der Waals surface area contributed by atoms with Crippen LogP contribution >= 0.6 is 0 Å². The Morgan fingerprint density at radius 1 is 1.09 bits per heavy atom. The van der Waals surface area contributed by atoms with Crippen molar-refractivity contribution in [3.8, 4) is 5.69 Å². The Hall–Kier alpha value is -3.73. The first-order valence-corrected chi connectivity index (χ1v) is 11.0. The first-order valence-electron chi connectivity index (χ1n) is 11.0. The minimum atomic E-state index is -4.79. The predicted molar refractivity (Wildman–Crippen MR) is 118 cm³/mol. The summed E-state index contributed by atoms with van der Waals surface area (Å²) in [6.45, 7) is 2.07. The van der Waals surface area contributed by atoms with Crippen molar-refractivity contribution in [2.24, 2.45) is 0 Å². The zero-order chi connectivity index (χ0) is 24.6. The molecule has 0 spiro atoms. The fourth-order valence-electron chi connectivity index (χ4n) is 4.21. The lowest BCUT2D eigenvalue weighted by Gasteiger charge is -2.31. The summed E-state index contributed by atoms with van der Waals surface area (Å²) in [4.78, 5) is 10.3. The van der Waals surface area contributed by atoms with Crippen molar-refractivity contribution >= 4 is 0 Å². The number of rotatable bonds is 7. The third-order valence-electron chi connectivity index (χ3n) is 6.03. The zero-order valence-electron chi connectivity index (χ0n) is 18.7. The summed E-state index contributed by atoms with van der Waals surface area (Å²) in [6.07, 6.45) is 1.65. The van der Waals surface area contributed by atoms with Crippen LogP contribution in [0.15, 0.2) is 61.2 Å². The van der Waals surface area contributed by atoms with Crippen LogP contribution in [0, 0.1) is 12.7 Å². The lowest BCUT2D eigenvalue weighted by atomic mass is 10.0. The van der Waals surface area contributed by atoms with E-state index < -0.39 is 23.6 Å². The number of hydrogen-bond donors (Lipinski definition) is 0. The van der Waals surface area contributed by atoms with Gasteiger partial charge < -0.3 is 0 Å². The monoisotopic (exact) mass is 483 g/mol. The molecule has 180 valence electrons. The Bertz CT molecular complexity index is 1320. The molecule has 1 unspecified atom stereocenters. The number of nitrogens with zero attached hydrogens (tertiary/aromatic N) is 7. The van der Waals surface area contributed by atoms with Gasteiger partial charge in [-0.2, -0.15) is 17.9 Å². The van der Waals surface area contributed by atoms with Crippen LogP contribution in [0.1, 0.15) is 47.0 Å². The highest BCUT2D eigenvalue weighted by Gasteiger charge is 2.39. The Kier molecular flexibility index (Phi) is 6.01. The van der Waals surface area contributed by atoms with E-state index in [9.17, 15) is 17.6 Å². The summed E-state index contributed by atoms with van der Waals surface area (Å²) in [7, 11) is 0. The standard InChI is InChI=1S/C24H21F4N7/c1-15-4-2-3-5-21(15)35-23(31-32-33-35)22(17-11-29-14-30-12-17)34(18-7-8-18)13-16-6-9-20(25)19(10-16)24(26,27)28/h2-6,9-12,14,18,22H,7-8,13H2,1H3. The summed E-state index contributed by atoms with van der Waals surface area (Å²) in [5, 5.41) is 12.4. The average Bonchev–Trinajstić information content (AvgIpc) is 3.58. The normalized spacial score (nSPS) is 14.9. The molecule has 5 rings (SSSR count). The molecule has 35 heavy (non-hydrogen) atoms. The van der Waals surface area contributed by atoms with E-state index in [1.807, 2.05) is 36.1 Å². The van der Waals surface area contributed by atoms with Crippen LogP contribution in [0.5, 0.6) is 0 Å². The van der Waals surface area contributed by atoms with Crippen molar-refractivity contribution in [3.63, 3.8) is 0 Å². The van der Waals surface area contributed by atoms with Crippen molar-refractivity contribution in [3.05, 3.63) is 95.1 Å². The Morgan fingerprint density at radius 3 is 2.51 bits per heavy atom. The van der Waals surface area contributed by atoms with Crippen molar-refractivity contribution < 1.29 is 17.6 Å². The molecule has 1 atom stereocenters. The summed E-state index contributed by atoms with van der Waals surface area (Å²) >= 11 is 0. The van der Waals surface area contributed by atoms with Crippen molar-refractivity contribution in [1.82, 2.24) is 35.1 Å². The topological polar surface area (TPSA) is 72.6 Å². The molecule has 2 heterocycles. The number of alkyl halides is 3. The van der Waals surface area contributed by atoms with Gasteiger partial charge in [0.05, 0.1) is 11.3 Å². The van der Waals surface area contributed by atoms with Gasteiger partial charge in [-0.05, 0) is 59.5 Å². The van der Waals surface area contributed by atoms with Gasteiger partial charge in [0, 0.05) is 30.5 Å². The third kappa shape index (κ3) is 4.76. The molecule has 0 radical (unpaired) electrons. The van der Waals surface area contributed by atoms with E-state index in [1.165, 1.54) is 12.4 Å². The Labute approximate surface area is 198 Å². The van der Waals surface area contributed by atoms with Gasteiger partial charge >= 0.3 is 6.18 Å². The maximum absolute atomic E-state index is 13.9. The molecule has 1 aliphatic rings. The van der Waals surface area contributed by atoms with Gasteiger partial charge in [0.2, 0.25) is 0 Å². The van der Waals surface area contributed by atoms with Gasteiger partial charge in [-0.15, -0.1) is 5.10 Å². The maximum atomic E-state index is 13.9. The van der Waals surface area contributed by atoms with Gasteiger partial charge in [0.25, 0.3) is 0 Å². The van der Waals surface area contributed by atoms with Crippen LogP contribution in [0.2, 0.25) is 0 Å². The van der Waals surface area contributed by atoms with E-state index >= 15 is 0 Å². The highest BCUT2D eigenvalue weighted by Crippen LogP contribution is 2.40. The van der Waals surface area contributed by atoms with Crippen molar-refractivity contribution in [1.29, 1.82) is 0 Å².